The van der Waals surface area contributed by atoms with Gasteiger partial charge < -0.3 is 5.32 Å². The van der Waals surface area contributed by atoms with Gasteiger partial charge in [0.15, 0.2) is 0 Å². The Morgan fingerprint density at radius 3 is 2.57 bits per heavy atom. The molecular formula is C12H18N2. The summed E-state index contributed by atoms with van der Waals surface area (Å²) in [6.07, 6.45) is 7.09. The third-order valence-electron chi connectivity index (χ3n) is 4.94. The summed E-state index contributed by atoms with van der Waals surface area (Å²) in [5, 5.41) is 3.71. The Labute approximate surface area is 85.2 Å². The second-order valence-corrected chi connectivity index (χ2v) is 5.59. The Morgan fingerprint density at radius 2 is 1.93 bits per heavy atom. The van der Waals surface area contributed by atoms with E-state index in [9.17, 15) is 0 Å². The van der Waals surface area contributed by atoms with Crippen LogP contribution in [0.1, 0.15) is 32.1 Å². The fourth-order valence-corrected chi connectivity index (χ4v) is 4.37. The number of aliphatic imine (C=N–C) groups is 1. The fraction of sp³-hybridized carbons (Fsp3) is 0.917. The number of hydrogen-bond acceptors (Lipinski definition) is 2. The first-order chi connectivity index (χ1) is 6.93. The molecule has 4 unspecified atom stereocenters. The maximum absolute atomic E-state index is 4.52. The zero-order valence-electron chi connectivity index (χ0n) is 8.58. The Hall–Kier alpha value is -0.530. The minimum atomic E-state index is 0.845. The van der Waals surface area contributed by atoms with E-state index < -0.39 is 0 Å². The monoisotopic (exact) mass is 190 g/mol. The molecule has 1 heterocycles. The summed E-state index contributed by atoms with van der Waals surface area (Å²) in [4.78, 5) is 4.52. The quantitative estimate of drug-likeness (QED) is 0.670. The van der Waals surface area contributed by atoms with Gasteiger partial charge in [-0.3, -0.25) is 4.99 Å². The highest BCUT2D eigenvalue weighted by Gasteiger charge is 2.65. The van der Waals surface area contributed by atoms with Crippen molar-refractivity contribution in [1.82, 2.24) is 5.32 Å². The molecule has 0 aromatic rings. The van der Waals surface area contributed by atoms with Crippen molar-refractivity contribution in [3.8, 4) is 0 Å². The summed E-state index contributed by atoms with van der Waals surface area (Å²) in [5.41, 5.74) is 0. The number of rotatable bonds is 1. The third kappa shape index (κ3) is 0.896. The molecule has 1 N–H and O–H groups in total. The number of hydrogen-bond donors (Lipinski definition) is 1. The summed E-state index contributed by atoms with van der Waals surface area (Å²) in [7, 11) is 0. The van der Waals surface area contributed by atoms with E-state index in [4.69, 9.17) is 0 Å². The highest BCUT2D eigenvalue weighted by atomic mass is 15.1. The molecule has 0 amide bonds. The molecule has 1 aliphatic heterocycles. The minimum absolute atomic E-state index is 0.845. The highest BCUT2D eigenvalue weighted by Crippen LogP contribution is 2.65. The predicted molar refractivity (Wildman–Crippen MR) is 56.3 cm³/mol. The van der Waals surface area contributed by atoms with Gasteiger partial charge in [0.1, 0.15) is 0 Å². The van der Waals surface area contributed by atoms with Crippen molar-refractivity contribution in [2.75, 3.05) is 6.54 Å². The molecule has 0 aromatic heterocycles. The molecule has 0 spiro atoms. The lowest BCUT2D eigenvalue weighted by Gasteiger charge is -2.11. The van der Waals surface area contributed by atoms with Crippen LogP contribution in [-0.4, -0.2) is 18.4 Å². The van der Waals surface area contributed by atoms with Crippen molar-refractivity contribution in [3.63, 3.8) is 0 Å². The summed E-state index contributed by atoms with van der Waals surface area (Å²) in [6, 6.07) is 0.845. The molecule has 3 fully saturated rings. The average Bonchev–Trinajstić information content (AvgIpc) is 2.68. The lowest BCUT2D eigenvalue weighted by Crippen LogP contribution is -2.28. The Kier molecular flexibility index (Phi) is 1.39. The molecule has 76 valence electrons. The maximum Gasteiger partial charge on any atom is 0.0966 e. The lowest BCUT2D eigenvalue weighted by atomic mass is 10.0. The Morgan fingerprint density at radius 1 is 1.14 bits per heavy atom. The van der Waals surface area contributed by atoms with Crippen LogP contribution >= 0.6 is 0 Å². The van der Waals surface area contributed by atoms with Crippen molar-refractivity contribution in [2.24, 2.45) is 28.7 Å². The third-order valence-corrected chi connectivity index (χ3v) is 4.94. The van der Waals surface area contributed by atoms with Crippen molar-refractivity contribution < 1.29 is 0 Å². The van der Waals surface area contributed by atoms with E-state index in [2.05, 4.69) is 10.3 Å². The SMILES string of the molecule is C1CN=C(NC2C3C4CCC(C4)C23)C1. The van der Waals surface area contributed by atoms with Crippen LogP contribution in [0.3, 0.4) is 0 Å². The zero-order chi connectivity index (χ0) is 9.12. The molecule has 14 heavy (non-hydrogen) atoms. The number of nitrogens with one attached hydrogen (secondary N) is 1. The lowest BCUT2D eigenvalue weighted by molar-refractivity contribution is 0.456. The van der Waals surface area contributed by atoms with Gasteiger partial charge in [-0.05, 0) is 49.4 Å². The van der Waals surface area contributed by atoms with Gasteiger partial charge in [0.2, 0.25) is 0 Å². The van der Waals surface area contributed by atoms with Gasteiger partial charge in [0, 0.05) is 19.0 Å². The molecule has 4 rings (SSSR count). The van der Waals surface area contributed by atoms with E-state index >= 15 is 0 Å². The molecule has 4 aliphatic rings. The molecular weight excluding hydrogens is 172 g/mol. The van der Waals surface area contributed by atoms with Crippen LogP contribution in [0.2, 0.25) is 0 Å². The molecule has 0 saturated heterocycles. The smallest absolute Gasteiger partial charge is 0.0966 e. The maximum atomic E-state index is 4.52. The molecule has 0 aromatic carbocycles. The standard InChI is InChI=1S/C12H18N2/c1-2-9(13-5-1)14-12-10-7-3-4-8(6-7)11(10)12/h7-8,10-12H,1-6H2,(H,13,14). The van der Waals surface area contributed by atoms with E-state index in [1.165, 1.54) is 31.5 Å². The van der Waals surface area contributed by atoms with Gasteiger partial charge in [-0.25, -0.2) is 0 Å². The van der Waals surface area contributed by atoms with Crippen molar-refractivity contribution in [1.29, 1.82) is 0 Å². The second-order valence-electron chi connectivity index (χ2n) is 5.59. The topological polar surface area (TPSA) is 24.4 Å². The van der Waals surface area contributed by atoms with Crippen LogP contribution in [0.4, 0.5) is 0 Å². The Balaban J connectivity index is 1.46. The van der Waals surface area contributed by atoms with Gasteiger partial charge in [-0.2, -0.15) is 0 Å². The molecule has 3 saturated carbocycles. The number of amidine groups is 1. The van der Waals surface area contributed by atoms with Crippen LogP contribution in [0, 0.1) is 23.7 Å². The highest BCUT2D eigenvalue weighted by molar-refractivity contribution is 5.84. The summed E-state index contributed by atoms with van der Waals surface area (Å²) < 4.78 is 0. The van der Waals surface area contributed by atoms with Crippen LogP contribution in [0.15, 0.2) is 4.99 Å². The first kappa shape index (κ1) is 7.72. The van der Waals surface area contributed by atoms with Crippen LogP contribution in [-0.2, 0) is 0 Å². The van der Waals surface area contributed by atoms with Gasteiger partial charge in [0.05, 0.1) is 5.84 Å². The first-order valence-electron chi connectivity index (χ1n) is 6.23. The summed E-state index contributed by atoms with van der Waals surface area (Å²) in [6.45, 7) is 1.07. The molecule has 3 aliphatic carbocycles. The van der Waals surface area contributed by atoms with Gasteiger partial charge in [-0.1, -0.05) is 0 Å². The van der Waals surface area contributed by atoms with Crippen LogP contribution in [0.5, 0.6) is 0 Å². The zero-order valence-corrected chi connectivity index (χ0v) is 8.58. The molecule has 2 heteroatoms. The van der Waals surface area contributed by atoms with E-state index in [1.54, 1.807) is 6.42 Å². The normalized spacial score (nSPS) is 53.1. The van der Waals surface area contributed by atoms with E-state index in [0.29, 0.717) is 0 Å². The van der Waals surface area contributed by atoms with Crippen molar-refractivity contribution in [3.05, 3.63) is 0 Å². The number of fused-ring (bicyclic) bond motifs is 5. The van der Waals surface area contributed by atoms with Crippen molar-refractivity contribution in [2.45, 2.75) is 38.1 Å². The largest absolute Gasteiger partial charge is 0.371 e. The molecule has 2 nitrogen and oxygen atoms in total. The molecule has 2 bridgehead atoms. The van der Waals surface area contributed by atoms with Gasteiger partial charge in [-0.15, -0.1) is 0 Å². The van der Waals surface area contributed by atoms with E-state index in [1.807, 2.05) is 0 Å². The second kappa shape index (κ2) is 2.53. The average molecular weight is 190 g/mol. The van der Waals surface area contributed by atoms with E-state index in [-0.39, 0.29) is 0 Å². The number of nitrogens with zero attached hydrogens (tertiary/aromatic N) is 1. The van der Waals surface area contributed by atoms with Gasteiger partial charge >= 0.3 is 0 Å². The Bertz CT molecular complexity index is 281. The molecule has 4 atom stereocenters. The first-order valence-corrected chi connectivity index (χ1v) is 6.23. The van der Waals surface area contributed by atoms with E-state index in [0.717, 1.165) is 36.3 Å². The molecule has 0 radical (unpaired) electrons. The summed E-state index contributed by atoms with van der Waals surface area (Å²) >= 11 is 0. The fourth-order valence-electron chi connectivity index (χ4n) is 4.37. The van der Waals surface area contributed by atoms with Gasteiger partial charge in [0.25, 0.3) is 0 Å². The van der Waals surface area contributed by atoms with Crippen molar-refractivity contribution >= 4 is 5.84 Å². The predicted octanol–water partition coefficient (Wildman–Crippen LogP) is 1.81. The summed E-state index contributed by atoms with van der Waals surface area (Å²) in [5.74, 6) is 5.60. The van der Waals surface area contributed by atoms with Crippen LogP contribution in [0.25, 0.3) is 0 Å². The van der Waals surface area contributed by atoms with Crippen LogP contribution < -0.4 is 5.32 Å². The minimum Gasteiger partial charge on any atom is -0.371 e.